The standard InChI is InChI=1S/C18H28N4O3/c1-10-5-7-12(8-6-10)20-17(24)14-15(23)18(25)22-16(21-14)13-11(2)4-3-9-19-13/h10-13,19,23H,3-9H2,1-2H3,(H,20,24)(H,21,22,25). The van der Waals surface area contributed by atoms with Gasteiger partial charge in [0.05, 0.1) is 6.04 Å². The highest BCUT2D eigenvalue weighted by Crippen LogP contribution is 2.32. The van der Waals surface area contributed by atoms with Crippen LogP contribution in [0, 0.1) is 11.8 Å². The fourth-order valence-electron chi connectivity index (χ4n) is 3.81. The predicted molar refractivity (Wildman–Crippen MR) is 93.4 cm³/mol. The van der Waals surface area contributed by atoms with E-state index >= 15 is 0 Å². The van der Waals surface area contributed by atoms with Gasteiger partial charge in [-0.15, -0.1) is 0 Å². The Labute approximate surface area is 148 Å². The van der Waals surface area contributed by atoms with Crippen molar-refractivity contribution in [1.82, 2.24) is 20.6 Å². The summed E-state index contributed by atoms with van der Waals surface area (Å²) in [6.45, 7) is 5.16. The third kappa shape index (κ3) is 4.03. The van der Waals surface area contributed by atoms with Crippen LogP contribution in [0.3, 0.4) is 0 Å². The summed E-state index contributed by atoms with van der Waals surface area (Å²) in [6.07, 6.45) is 6.14. The Morgan fingerprint density at radius 2 is 1.84 bits per heavy atom. The topological polar surface area (TPSA) is 107 Å². The number of piperidine rings is 1. The molecule has 2 aliphatic rings. The van der Waals surface area contributed by atoms with Crippen molar-refractivity contribution in [3.63, 3.8) is 0 Å². The zero-order valence-electron chi connectivity index (χ0n) is 15.0. The van der Waals surface area contributed by atoms with Crippen LogP contribution < -0.4 is 10.6 Å². The average Bonchev–Trinajstić information content (AvgIpc) is 2.59. The summed E-state index contributed by atoms with van der Waals surface area (Å²) in [5.41, 5.74) is -0.138. The lowest BCUT2D eigenvalue weighted by atomic mass is 9.87. The van der Waals surface area contributed by atoms with Gasteiger partial charge in [-0.2, -0.15) is 4.98 Å². The van der Waals surface area contributed by atoms with Crippen molar-refractivity contribution in [2.75, 3.05) is 6.54 Å². The van der Waals surface area contributed by atoms with Crippen LogP contribution in [0.25, 0.3) is 0 Å². The molecule has 2 heterocycles. The Morgan fingerprint density at radius 1 is 1.12 bits per heavy atom. The van der Waals surface area contributed by atoms with E-state index in [1.54, 1.807) is 0 Å². The second-order valence-electron chi connectivity index (χ2n) is 7.58. The molecule has 7 nitrogen and oxygen atoms in total. The number of aromatic nitrogens is 2. The summed E-state index contributed by atoms with van der Waals surface area (Å²) in [7, 11) is 0. The number of nitrogens with one attached hydrogen (secondary N) is 2. The van der Waals surface area contributed by atoms with E-state index in [2.05, 4.69) is 34.4 Å². The summed E-state index contributed by atoms with van der Waals surface area (Å²) in [5, 5.41) is 26.3. The van der Waals surface area contributed by atoms with Gasteiger partial charge in [0, 0.05) is 6.04 Å². The van der Waals surface area contributed by atoms with Crippen LogP contribution in [0.5, 0.6) is 11.6 Å². The molecule has 25 heavy (non-hydrogen) atoms. The highest BCUT2D eigenvalue weighted by molar-refractivity contribution is 5.95. The number of nitrogens with zero attached hydrogens (tertiary/aromatic N) is 2. The molecular formula is C18H28N4O3. The number of amides is 1. The monoisotopic (exact) mass is 348 g/mol. The van der Waals surface area contributed by atoms with Gasteiger partial charge in [0.1, 0.15) is 0 Å². The molecular weight excluding hydrogens is 320 g/mol. The zero-order valence-corrected chi connectivity index (χ0v) is 15.0. The van der Waals surface area contributed by atoms with Crippen LogP contribution in [0.4, 0.5) is 0 Å². The molecule has 1 aliphatic carbocycles. The SMILES string of the molecule is CC1CCC(NC(=O)c2nc(C3NCCCC3C)nc(O)c2O)CC1. The highest BCUT2D eigenvalue weighted by atomic mass is 16.3. The van der Waals surface area contributed by atoms with Crippen molar-refractivity contribution in [1.29, 1.82) is 0 Å². The van der Waals surface area contributed by atoms with Gasteiger partial charge in [0.2, 0.25) is 5.75 Å². The van der Waals surface area contributed by atoms with E-state index in [-0.39, 0.29) is 17.8 Å². The molecule has 4 N–H and O–H groups in total. The Kier molecular flexibility index (Phi) is 5.42. The fourth-order valence-corrected chi connectivity index (χ4v) is 3.81. The number of hydrogen-bond acceptors (Lipinski definition) is 6. The van der Waals surface area contributed by atoms with E-state index in [1.165, 1.54) is 0 Å². The number of hydrogen-bond donors (Lipinski definition) is 4. The number of carbonyl (C=O) groups is 1. The second-order valence-corrected chi connectivity index (χ2v) is 7.58. The Balaban J connectivity index is 1.79. The predicted octanol–water partition coefficient (Wildman–Crippen LogP) is 2.26. The van der Waals surface area contributed by atoms with Crippen LogP contribution in [0.1, 0.15) is 74.7 Å². The highest BCUT2D eigenvalue weighted by Gasteiger charge is 2.29. The van der Waals surface area contributed by atoms with Crippen LogP contribution >= 0.6 is 0 Å². The quantitative estimate of drug-likeness (QED) is 0.667. The first kappa shape index (κ1) is 17.9. The first-order valence-electron chi connectivity index (χ1n) is 9.29. The molecule has 0 spiro atoms. The summed E-state index contributed by atoms with van der Waals surface area (Å²) in [5.74, 6) is -0.172. The maximum Gasteiger partial charge on any atom is 0.274 e. The molecule has 0 bridgehead atoms. The summed E-state index contributed by atoms with van der Waals surface area (Å²) < 4.78 is 0. The Morgan fingerprint density at radius 3 is 2.52 bits per heavy atom. The normalized spacial score (nSPS) is 30.0. The van der Waals surface area contributed by atoms with E-state index in [0.29, 0.717) is 17.7 Å². The van der Waals surface area contributed by atoms with Gasteiger partial charge in [-0.3, -0.25) is 4.79 Å². The maximum absolute atomic E-state index is 12.6. The first-order chi connectivity index (χ1) is 12.0. The van der Waals surface area contributed by atoms with Gasteiger partial charge >= 0.3 is 0 Å². The number of carbonyl (C=O) groups excluding carboxylic acids is 1. The lowest BCUT2D eigenvalue weighted by Gasteiger charge is -2.29. The molecule has 1 aromatic rings. The fraction of sp³-hybridized carbons (Fsp3) is 0.722. The van der Waals surface area contributed by atoms with E-state index in [9.17, 15) is 15.0 Å². The van der Waals surface area contributed by atoms with Crippen molar-refractivity contribution in [2.45, 2.75) is 64.5 Å². The van der Waals surface area contributed by atoms with Crippen LogP contribution in [-0.2, 0) is 0 Å². The van der Waals surface area contributed by atoms with Crippen molar-refractivity contribution in [3.8, 4) is 11.6 Å². The van der Waals surface area contributed by atoms with Crippen molar-refractivity contribution in [2.24, 2.45) is 11.8 Å². The van der Waals surface area contributed by atoms with E-state index < -0.39 is 17.5 Å². The Bertz CT molecular complexity index is 629. The van der Waals surface area contributed by atoms with Gasteiger partial charge in [-0.05, 0) is 56.9 Å². The number of rotatable bonds is 3. The van der Waals surface area contributed by atoms with Gasteiger partial charge in [-0.1, -0.05) is 13.8 Å². The van der Waals surface area contributed by atoms with E-state index in [4.69, 9.17) is 0 Å². The maximum atomic E-state index is 12.6. The van der Waals surface area contributed by atoms with Crippen LogP contribution in [0.2, 0.25) is 0 Å². The summed E-state index contributed by atoms with van der Waals surface area (Å²) in [4.78, 5) is 20.9. The molecule has 1 aromatic heterocycles. The Hall–Kier alpha value is -1.89. The molecule has 3 rings (SSSR count). The van der Waals surface area contributed by atoms with Crippen LogP contribution in [-0.4, -0.2) is 38.7 Å². The molecule has 2 atom stereocenters. The number of aromatic hydroxyl groups is 2. The van der Waals surface area contributed by atoms with Gasteiger partial charge < -0.3 is 20.8 Å². The average molecular weight is 348 g/mol. The zero-order chi connectivity index (χ0) is 18.0. The molecule has 1 amide bonds. The summed E-state index contributed by atoms with van der Waals surface area (Å²) in [6, 6.07) is -0.0299. The van der Waals surface area contributed by atoms with Crippen molar-refractivity contribution < 1.29 is 15.0 Å². The van der Waals surface area contributed by atoms with E-state index in [1.807, 2.05) is 0 Å². The van der Waals surface area contributed by atoms with Crippen molar-refractivity contribution in [3.05, 3.63) is 11.5 Å². The summed E-state index contributed by atoms with van der Waals surface area (Å²) >= 11 is 0. The molecule has 1 saturated heterocycles. The lowest BCUT2D eigenvalue weighted by Crippen LogP contribution is -2.38. The molecule has 2 fully saturated rings. The van der Waals surface area contributed by atoms with Crippen molar-refractivity contribution >= 4 is 5.91 Å². The molecule has 138 valence electrons. The third-order valence-electron chi connectivity index (χ3n) is 5.50. The first-order valence-corrected chi connectivity index (χ1v) is 9.29. The lowest BCUT2D eigenvalue weighted by molar-refractivity contribution is 0.0912. The third-order valence-corrected chi connectivity index (χ3v) is 5.50. The molecule has 2 unspecified atom stereocenters. The second kappa shape index (κ2) is 7.56. The molecule has 7 heteroatoms. The smallest absolute Gasteiger partial charge is 0.274 e. The minimum atomic E-state index is -0.547. The van der Waals surface area contributed by atoms with Gasteiger partial charge in [0.15, 0.2) is 11.5 Å². The van der Waals surface area contributed by atoms with Crippen LogP contribution in [0.15, 0.2) is 0 Å². The minimum absolute atomic E-state index is 0.0930. The molecule has 1 aliphatic heterocycles. The molecule has 1 saturated carbocycles. The molecule has 0 aromatic carbocycles. The van der Waals surface area contributed by atoms with Gasteiger partial charge in [-0.25, -0.2) is 4.98 Å². The largest absolute Gasteiger partial charge is 0.501 e. The van der Waals surface area contributed by atoms with Gasteiger partial charge in [0.25, 0.3) is 11.8 Å². The minimum Gasteiger partial charge on any atom is -0.501 e. The molecule has 0 radical (unpaired) electrons. The van der Waals surface area contributed by atoms with E-state index in [0.717, 1.165) is 45.1 Å².